The highest BCUT2D eigenvalue weighted by Crippen LogP contribution is 2.34. The molecule has 1 fully saturated rings. The third kappa shape index (κ3) is 4.30. The minimum Gasteiger partial charge on any atom is -0.481 e. The van der Waals surface area contributed by atoms with Crippen LogP contribution in [0.4, 0.5) is 17.1 Å². The Bertz CT molecular complexity index is 1050. The van der Waals surface area contributed by atoms with Crippen LogP contribution in [-0.4, -0.2) is 46.0 Å². The van der Waals surface area contributed by atoms with Gasteiger partial charge in [-0.15, -0.1) is 0 Å². The summed E-state index contributed by atoms with van der Waals surface area (Å²) in [6, 6.07) is 10.7. The van der Waals surface area contributed by atoms with Crippen LogP contribution in [0.15, 0.2) is 47.4 Å². The lowest BCUT2D eigenvalue weighted by Gasteiger charge is -2.20. The van der Waals surface area contributed by atoms with Gasteiger partial charge in [-0.2, -0.15) is 0 Å². The Morgan fingerprint density at radius 1 is 1.21 bits per heavy atom. The maximum Gasteiger partial charge on any atom is 0.308 e. The molecular weight excluding hydrogens is 418 g/mol. The molecule has 154 valence electrons. The second-order valence-corrected chi connectivity index (χ2v) is 8.96. The van der Waals surface area contributed by atoms with E-state index in [1.54, 1.807) is 37.2 Å². The topological polar surface area (TPSA) is 107 Å². The van der Waals surface area contributed by atoms with Crippen LogP contribution in [-0.2, 0) is 19.6 Å². The van der Waals surface area contributed by atoms with Gasteiger partial charge < -0.3 is 14.9 Å². The van der Waals surface area contributed by atoms with Crippen LogP contribution >= 0.6 is 11.6 Å². The summed E-state index contributed by atoms with van der Waals surface area (Å²) in [5.74, 6) is -2.09. The number of amides is 1. The fourth-order valence-corrected chi connectivity index (χ4v) is 4.59. The molecule has 8 nitrogen and oxygen atoms in total. The number of rotatable bonds is 6. The second-order valence-electron chi connectivity index (χ2n) is 6.87. The number of anilines is 3. The van der Waals surface area contributed by atoms with Gasteiger partial charge in [0.1, 0.15) is 0 Å². The normalized spacial score (nSPS) is 16.7. The van der Waals surface area contributed by atoms with E-state index >= 15 is 0 Å². The quantitative estimate of drug-likeness (QED) is 0.719. The lowest BCUT2D eigenvalue weighted by Crippen LogP contribution is -2.25. The Morgan fingerprint density at radius 3 is 2.41 bits per heavy atom. The summed E-state index contributed by atoms with van der Waals surface area (Å²) in [6.07, 6.45) is -0.0704. The Morgan fingerprint density at radius 2 is 1.86 bits per heavy atom. The minimum atomic E-state index is -3.90. The average Bonchev–Trinajstić information content (AvgIpc) is 3.03. The lowest BCUT2D eigenvalue weighted by molar-refractivity contribution is -0.141. The van der Waals surface area contributed by atoms with E-state index in [-0.39, 0.29) is 23.8 Å². The summed E-state index contributed by atoms with van der Waals surface area (Å²) in [5.41, 5.74) is 1.33. The SMILES string of the molecule is CN(C)c1c(Cl)cccc1NS(=O)(=O)c1ccc(N2CC(C(=O)O)CC2=O)cc1. The zero-order valence-electron chi connectivity index (χ0n) is 15.8. The zero-order valence-corrected chi connectivity index (χ0v) is 17.4. The van der Waals surface area contributed by atoms with Gasteiger partial charge in [-0.05, 0) is 36.4 Å². The summed E-state index contributed by atoms with van der Waals surface area (Å²) in [7, 11) is -0.387. The van der Waals surface area contributed by atoms with Crippen LogP contribution in [0.2, 0.25) is 5.02 Å². The summed E-state index contributed by atoms with van der Waals surface area (Å²) < 4.78 is 28.1. The van der Waals surface area contributed by atoms with E-state index in [1.807, 2.05) is 0 Å². The maximum atomic E-state index is 12.8. The average molecular weight is 438 g/mol. The first kappa shape index (κ1) is 20.9. The molecule has 3 rings (SSSR count). The van der Waals surface area contributed by atoms with E-state index in [0.29, 0.717) is 22.1 Å². The van der Waals surface area contributed by atoms with Crippen molar-refractivity contribution in [1.82, 2.24) is 0 Å². The maximum absolute atomic E-state index is 12.8. The molecule has 0 bridgehead atoms. The van der Waals surface area contributed by atoms with Crippen molar-refractivity contribution in [2.75, 3.05) is 35.2 Å². The molecule has 0 aromatic heterocycles. The first-order valence-corrected chi connectivity index (χ1v) is 10.6. The van der Waals surface area contributed by atoms with E-state index in [1.165, 1.54) is 29.2 Å². The third-order valence-corrected chi connectivity index (χ3v) is 6.30. The molecule has 2 aromatic carbocycles. The molecule has 2 N–H and O–H groups in total. The van der Waals surface area contributed by atoms with Crippen molar-refractivity contribution in [2.45, 2.75) is 11.3 Å². The monoisotopic (exact) mass is 437 g/mol. The van der Waals surface area contributed by atoms with Crippen molar-refractivity contribution >= 4 is 50.6 Å². The molecule has 2 aromatic rings. The number of carbonyl (C=O) groups is 2. The van der Waals surface area contributed by atoms with Gasteiger partial charge in [0.2, 0.25) is 5.91 Å². The van der Waals surface area contributed by atoms with Crippen LogP contribution in [0.5, 0.6) is 0 Å². The molecule has 29 heavy (non-hydrogen) atoms. The Kier molecular flexibility index (Phi) is 5.72. The number of halogens is 1. The van der Waals surface area contributed by atoms with Crippen molar-refractivity contribution in [3.05, 3.63) is 47.5 Å². The highest BCUT2D eigenvalue weighted by atomic mass is 35.5. The molecule has 1 aliphatic heterocycles. The number of aliphatic carboxylic acids is 1. The molecule has 10 heteroatoms. The zero-order chi connectivity index (χ0) is 21.3. The van der Waals surface area contributed by atoms with Gasteiger partial charge in [-0.1, -0.05) is 17.7 Å². The van der Waals surface area contributed by atoms with Gasteiger partial charge in [0.25, 0.3) is 10.0 Å². The molecule has 1 amide bonds. The van der Waals surface area contributed by atoms with Crippen molar-refractivity contribution in [3.8, 4) is 0 Å². The van der Waals surface area contributed by atoms with Gasteiger partial charge in [-0.3, -0.25) is 14.3 Å². The summed E-state index contributed by atoms with van der Waals surface area (Å²) in [5, 5.41) is 9.50. The highest BCUT2D eigenvalue weighted by Gasteiger charge is 2.35. The van der Waals surface area contributed by atoms with Gasteiger partial charge >= 0.3 is 5.97 Å². The number of carboxylic acids is 1. The van der Waals surface area contributed by atoms with Gasteiger partial charge in [0.15, 0.2) is 0 Å². The number of benzene rings is 2. The highest BCUT2D eigenvalue weighted by molar-refractivity contribution is 7.92. The number of nitrogens with one attached hydrogen (secondary N) is 1. The lowest BCUT2D eigenvalue weighted by atomic mass is 10.1. The molecular formula is C19H20ClN3O5S. The Hall–Kier alpha value is -2.78. The molecule has 1 aliphatic rings. The van der Waals surface area contributed by atoms with E-state index in [9.17, 15) is 18.0 Å². The fourth-order valence-electron chi connectivity index (χ4n) is 3.18. The number of nitrogens with zero attached hydrogens (tertiary/aromatic N) is 2. The molecule has 1 saturated heterocycles. The molecule has 0 radical (unpaired) electrons. The third-order valence-electron chi connectivity index (χ3n) is 4.61. The van der Waals surface area contributed by atoms with E-state index < -0.39 is 21.9 Å². The summed E-state index contributed by atoms with van der Waals surface area (Å²) in [4.78, 5) is 26.2. The Balaban J connectivity index is 1.84. The molecule has 1 heterocycles. The molecule has 0 spiro atoms. The number of carboxylic acid groups (broad SMARTS) is 1. The smallest absolute Gasteiger partial charge is 0.308 e. The van der Waals surface area contributed by atoms with Gasteiger partial charge in [0, 0.05) is 32.7 Å². The van der Waals surface area contributed by atoms with Crippen molar-refractivity contribution in [3.63, 3.8) is 0 Å². The fraction of sp³-hybridized carbons (Fsp3) is 0.263. The van der Waals surface area contributed by atoms with Crippen molar-refractivity contribution in [2.24, 2.45) is 5.92 Å². The van der Waals surface area contributed by atoms with Gasteiger partial charge in [0.05, 0.1) is 27.2 Å². The first-order chi connectivity index (χ1) is 13.6. The van der Waals surface area contributed by atoms with Crippen molar-refractivity contribution in [1.29, 1.82) is 0 Å². The van der Waals surface area contributed by atoms with Crippen molar-refractivity contribution < 1.29 is 23.1 Å². The molecule has 1 unspecified atom stereocenters. The number of sulfonamides is 1. The number of hydrogen-bond acceptors (Lipinski definition) is 5. The minimum absolute atomic E-state index is 0.00682. The molecule has 0 aliphatic carbocycles. The number of carbonyl (C=O) groups excluding carboxylic acids is 1. The predicted octanol–water partition coefficient (Wildman–Crippen LogP) is 2.64. The number of hydrogen-bond donors (Lipinski definition) is 2. The first-order valence-electron chi connectivity index (χ1n) is 8.72. The van der Waals surface area contributed by atoms with Crippen LogP contribution in [0.1, 0.15) is 6.42 Å². The van der Waals surface area contributed by atoms with E-state index in [4.69, 9.17) is 16.7 Å². The van der Waals surface area contributed by atoms with E-state index in [2.05, 4.69) is 4.72 Å². The largest absolute Gasteiger partial charge is 0.481 e. The standard InChI is InChI=1S/C19H20ClN3O5S/c1-22(2)18-15(20)4-3-5-16(18)21-29(27,28)14-8-6-13(7-9-14)23-11-12(19(25)26)10-17(23)24/h3-9,12,21H,10-11H2,1-2H3,(H,25,26). The van der Waals surface area contributed by atoms with Crippen LogP contribution in [0.3, 0.4) is 0 Å². The summed E-state index contributed by atoms with van der Waals surface area (Å²) >= 11 is 6.18. The number of para-hydroxylation sites is 1. The predicted molar refractivity (Wildman–Crippen MR) is 111 cm³/mol. The van der Waals surface area contributed by atoms with Gasteiger partial charge in [-0.25, -0.2) is 8.42 Å². The van der Waals surface area contributed by atoms with Crippen LogP contribution < -0.4 is 14.5 Å². The second kappa shape index (κ2) is 7.92. The molecule has 0 saturated carbocycles. The molecule has 1 atom stereocenters. The van der Waals surface area contributed by atoms with Crippen LogP contribution in [0.25, 0.3) is 0 Å². The Labute approximate surface area is 173 Å². The van der Waals surface area contributed by atoms with Crippen LogP contribution in [0, 0.1) is 5.92 Å². The van der Waals surface area contributed by atoms with E-state index in [0.717, 1.165) is 0 Å². The summed E-state index contributed by atoms with van der Waals surface area (Å²) in [6.45, 7) is 0.0627.